The Labute approximate surface area is 125 Å². The summed E-state index contributed by atoms with van der Waals surface area (Å²) in [4.78, 5) is 8.60. The molecular formula is C13H12ClIN2O. The Balaban J connectivity index is 2.38. The summed E-state index contributed by atoms with van der Waals surface area (Å²) in [7, 11) is 0. The van der Waals surface area contributed by atoms with Gasteiger partial charge in [0.1, 0.15) is 11.3 Å². The van der Waals surface area contributed by atoms with Gasteiger partial charge in [-0.3, -0.25) is 0 Å². The fourth-order valence-electron chi connectivity index (χ4n) is 1.60. The monoisotopic (exact) mass is 374 g/mol. The van der Waals surface area contributed by atoms with Crippen molar-refractivity contribution in [2.75, 3.05) is 6.61 Å². The Bertz CT molecular complexity index is 522. The van der Waals surface area contributed by atoms with Gasteiger partial charge >= 0.3 is 0 Å². The highest BCUT2D eigenvalue weighted by atomic mass is 127. The van der Waals surface area contributed by atoms with Gasteiger partial charge in [-0.2, -0.15) is 0 Å². The van der Waals surface area contributed by atoms with Crippen molar-refractivity contribution in [3.8, 4) is 0 Å². The number of hydrogen-bond acceptors (Lipinski definition) is 3. The van der Waals surface area contributed by atoms with Gasteiger partial charge in [-0.25, -0.2) is 9.97 Å². The van der Waals surface area contributed by atoms with E-state index in [1.165, 1.54) is 0 Å². The molecule has 1 aromatic carbocycles. The largest absolute Gasteiger partial charge is 0.366 e. The molecule has 0 bridgehead atoms. The van der Waals surface area contributed by atoms with E-state index in [1.807, 2.05) is 37.3 Å². The number of benzene rings is 1. The number of ether oxygens (including phenoxy) is 1. The second kappa shape index (κ2) is 6.45. The Hall–Kier alpha value is -0.720. The molecule has 1 aromatic heterocycles. The second-order valence-electron chi connectivity index (χ2n) is 3.61. The van der Waals surface area contributed by atoms with Crippen LogP contribution in [-0.4, -0.2) is 16.6 Å². The lowest BCUT2D eigenvalue weighted by Crippen LogP contribution is -2.10. The second-order valence-corrected chi connectivity index (χ2v) is 5.13. The lowest BCUT2D eigenvalue weighted by molar-refractivity contribution is 0.0851. The maximum Gasteiger partial charge on any atom is 0.163 e. The van der Waals surface area contributed by atoms with Crippen LogP contribution in [0.15, 0.2) is 36.5 Å². The fraction of sp³-hybridized carbons (Fsp3) is 0.231. The number of aromatic nitrogens is 2. The first-order valence-corrected chi connectivity index (χ1v) is 7.02. The van der Waals surface area contributed by atoms with Crippen LogP contribution in [0, 0.1) is 3.57 Å². The topological polar surface area (TPSA) is 35.0 Å². The van der Waals surface area contributed by atoms with Crippen LogP contribution in [0.3, 0.4) is 0 Å². The molecule has 0 spiro atoms. The molecular weight excluding hydrogens is 363 g/mol. The molecule has 0 aliphatic heterocycles. The SMILES string of the molecule is CCOC(c1ccccc1)c1ncc(I)c(Cl)n1. The molecule has 0 aliphatic carbocycles. The summed E-state index contributed by atoms with van der Waals surface area (Å²) in [6, 6.07) is 9.89. The van der Waals surface area contributed by atoms with E-state index in [0.29, 0.717) is 17.6 Å². The zero-order valence-electron chi connectivity index (χ0n) is 9.81. The average molecular weight is 375 g/mol. The summed E-state index contributed by atoms with van der Waals surface area (Å²) in [5, 5.41) is 0.459. The third-order valence-electron chi connectivity index (χ3n) is 2.39. The van der Waals surface area contributed by atoms with Gasteiger partial charge in [0.2, 0.25) is 0 Å². The van der Waals surface area contributed by atoms with Crippen LogP contribution in [0.5, 0.6) is 0 Å². The van der Waals surface area contributed by atoms with Crippen molar-refractivity contribution in [3.63, 3.8) is 0 Å². The van der Waals surface area contributed by atoms with Crippen molar-refractivity contribution < 1.29 is 4.74 Å². The molecule has 0 N–H and O–H groups in total. The Morgan fingerprint density at radius 3 is 2.67 bits per heavy atom. The van der Waals surface area contributed by atoms with Crippen molar-refractivity contribution in [1.29, 1.82) is 0 Å². The highest BCUT2D eigenvalue weighted by molar-refractivity contribution is 14.1. The Kier molecular flexibility index (Phi) is 4.91. The first-order chi connectivity index (χ1) is 8.72. The van der Waals surface area contributed by atoms with Gasteiger partial charge in [0.25, 0.3) is 0 Å². The molecule has 2 aromatic rings. The standard InChI is InChI=1S/C13H12ClIN2O/c1-2-18-11(9-6-4-3-5-7-9)13-16-8-10(15)12(14)17-13/h3-8,11H,2H2,1H3. The van der Waals surface area contributed by atoms with Crippen LogP contribution in [-0.2, 0) is 4.74 Å². The maximum atomic E-state index is 6.03. The van der Waals surface area contributed by atoms with E-state index in [1.54, 1.807) is 6.20 Å². The lowest BCUT2D eigenvalue weighted by Gasteiger charge is -2.16. The van der Waals surface area contributed by atoms with Gasteiger partial charge < -0.3 is 4.74 Å². The molecule has 2 rings (SSSR count). The van der Waals surface area contributed by atoms with Gasteiger partial charge in [-0.15, -0.1) is 0 Å². The third kappa shape index (κ3) is 3.18. The van der Waals surface area contributed by atoms with Crippen LogP contribution in [0.1, 0.15) is 24.4 Å². The molecule has 94 valence electrons. The molecule has 1 heterocycles. The summed E-state index contributed by atoms with van der Waals surface area (Å²) in [5.41, 5.74) is 1.02. The minimum absolute atomic E-state index is 0.273. The molecule has 0 radical (unpaired) electrons. The highest BCUT2D eigenvalue weighted by Gasteiger charge is 2.18. The molecule has 0 aliphatic rings. The van der Waals surface area contributed by atoms with E-state index in [9.17, 15) is 0 Å². The molecule has 0 saturated carbocycles. The van der Waals surface area contributed by atoms with E-state index in [2.05, 4.69) is 32.6 Å². The van der Waals surface area contributed by atoms with Crippen LogP contribution in [0.25, 0.3) is 0 Å². The average Bonchev–Trinajstić information content (AvgIpc) is 2.40. The van der Waals surface area contributed by atoms with E-state index in [4.69, 9.17) is 16.3 Å². The summed E-state index contributed by atoms with van der Waals surface area (Å²) >= 11 is 8.13. The van der Waals surface area contributed by atoms with Crippen LogP contribution < -0.4 is 0 Å². The molecule has 1 atom stereocenters. The number of rotatable bonds is 4. The fourth-order valence-corrected chi connectivity index (χ4v) is 1.99. The molecule has 5 heteroatoms. The summed E-state index contributed by atoms with van der Waals surface area (Å²) in [6.45, 7) is 2.54. The molecule has 1 unspecified atom stereocenters. The third-order valence-corrected chi connectivity index (χ3v) is 3.79. The first kappa shape index (κ1) is 13.7. The normalized spacial score (nSPS) is 12.4. The smallest absolute Gasteiger partial charge is 0.163 e. The number of nitrogens with zero attached hydrogens (tertiary/aromatic N) is 2. The molecule has 3 nitrogen and oxygen atoms in total. The predicted molar refractivity (Wildman–Crippen MR) is 79.7 cm³/mol. The van der Waals surface area contributed by atoms with Crippen molar-refractivity contribution in [1.82, 2.24) is 9.97 Å². The van der Waals surface area contributed by atoms with Crippen molar-refractivity contribution in [2.45, 2.75) is 13.0 Å². The van der Waals surface area contributed by atoms with Gasteiger partial charge in [0.15, 0.2) is 5.82 Å². The number of hydrogen-bond donors (Lipinski definition) is 0. The van der Waals surface area contributed by atoms with E-state index >= 15 is 0 Å². The Morgan fingerprint density at radius 1 is 1.33 bits per heavy atom. The molecule has 0 saturated heterocycles. The zero-order chi connectivity index (χ0) is 13.0. The minimum Gasteiger partial charge on any atom is -0.366 e. The van der Waals surface area contributed by atoms with E-state index in [-0.39, 0.29) is 6.10 Å². The lowest BCUT2D eigenvalue weighted by atomic mass is 10.1. The minimum atomic E-state index is -0.273. The van der Waals surface area contributed by atoms with E-state index < -0.39 is 0 Å². The van der Waals surface area contributed by atoms with Crippen LogP contribution in [0.4, 0.5) is 0 Å². The number of halogens is 2. The summed E-state index contributed by atoms with van der Waals surface area (Å²) in [6.07, 6.45) is 1.44. The van der Waals surface area contributed by atoms with Gasteiger partial charge in [0.05, 0.1) is 3.57 Å². The van der Waals surface area contributed by atoms with Crippen LogP contribution in [0.2, 0.25) is 5.15 Å². The predicted octanol–water partition coefficient (Wildman–Crippen LogP) is 3.86. The quantitative estimate of drug-likeness (QED) is 0.602. The summed E-state index contributed by atoms with van der Waals surface area (Å²) in [5.74, 6) is 0.591. The van der Waals surface area contributed by atoms with Crippen molar-refractivity contribution in [2.24, 2.45) is 0 Å². The molecule has 18 heavy (non-hydrogen) atoms. The van der Waals surface area contributed by atoms with Gasteiger partial charge in [0, 0.05) is 12.8 Å². The summed E-state index contributed by atoms with van der Waals surface area (Å²) < 4.78 is 6.56. The van der Waals surface area contributed by atoms with Gasteiger partial charge in [-0.1, -0.05) is 41.9 Å². The van der Waals surface area contributed by atoms with Crippen molar-refractivity contribution in [3.05, 3.63) is 56.6 Å². The Morgan fingerprint density at radius 2 is 2.06 bits per heavy atom. The zero-order valence-corrected chi connectivity index (χ0v) is 12.7. The highest BCUT2D eigenvalue weighted by Crippen LogP contribution is 2.25. The molecule has 0 amide bonds. The van der Waals surface area contributed by atoms with E-state index in [0.717, 1.165) is 9.13 Å². The molecule has 0 fully saturated rings. The van der Waals surface area contributed by atoms with Crippen molar-refractivity contribution >= 4 is 34.2 Å². The first-order valence-electron chi connectivity index (χ1n) is 5.57. The van der Waals surface area contributed by atoms with Gasteiger partial charge in [-0.05, 0) is 35.1 Å². The van der Waals surface area contributed by atoms with Crippen LogP contribution >= 0.6 is 34.2 Å². The maximum absolute atomic E-state index is 6.03.